The quantitative estimate of drug-likeness (QED) is 0.812. The van der Waals surface area contributed by atoms with E-state index in [0.717, 1.165) is 12.1 Å². The van der Waals surface area contributed by atoms with Crippen LogP contribution in [0.1, 0.15) is 15.9 Å². The van der Waals surface area contributed by atoms with E-state index in [9.17, 15) is 18.0 Å². The van der Waals surface area contributed by atoms with Crippen LogP contribution >= 0.6 is 0 Å². The van der Waals surface area contributed by atoms with Gasteiger partial charge in [-0.3, -0.25) is 4.79 Å². The van der Waals surface area contributed by atoms with Gasteiger partial charge in [0.05, 0.1) is 12.7 Å². The van der Waals surface area contributed by atoms with Crippen LogP contribution in [-0.4, -0.2) is 23.4 Å². The van der Waals surface area contributed by atoms with Gasteiger partial charge < -0.3 is 4.74 Å². The van der Waals surface area contributed by atoms with Crippen LogP contribution in [0.3, 0.4) is 0 Å². The molecule has 0 aliphatic heterocycles. The molecule has 0 spiro atoms. The largest absolute Gasteiger partial charge is 0.467 e. The summed E-state index contributed by atoms with van der Waals surface area (Å²) in [6, 6.07) is 3.18. The second-order valence-corrected chi connectivity index (χ2v) is 3.92. The van der Waals surface area contributed by atoms with Gasteiger partial charge in [-0.15, -0.1) is 0 Å². The molecular formula is C13H9F3N2O2. The summed E-state index contributed by atoms with van der Waals surface area (Å²) in [5.41, 5.74) is -0.386. The molecule has 20 heavy (non-hydrogen) atoms. The molecule has 0 bridgehead atoms. The number of carbonyl (C=O) groups excluding carboxylic acids is 1. The Balaban J connectivity index is 2.52. The number of carbonyl (C=O) groups is 1. The molecule has 104 valence electrons. The molecular weight excluding hydrogens is 273 g/mol. The third kappa shape index (κ3) is 2.93. The Morgan fingerprint density at radius 3 is 2.25 bits per heavy atom. The van der Waals surface area contributed by atoms with Gasteiger partial charge in [-0.2, -0.15) is 13.2 Å². The van der Waals surface area contributed by atoms with E-state index in [0.29, 0.717) is 11.8 Å². The number of alkyl halides is 3. The normalized spacial score (nSPS) is 11.2. The van der Waals surface area contributed by atoms with Gasteiger partial charge in [0.1, 0.15) is 6.29 Å². The van der Waals surface area contributed by atoms with Crippen LogP contribution in [0.4, 0.5) is 13.2 Å². The topological polar surface area (TPSA) is 52.1 Å². The Hall–Kier alpha value is -2.44. The van der Waals surface area contributed by atoms with Crippen molar-refractivity contribution in [3.63, 3.8) is 0 Å². The molecule has 0 fully saturated rings. The molecule has 0 amide bonds. The molecule has 1 aromatic carbocycles. The van der Waals surface area contributed by atoms with Gasteiger partial charge in [-0.25, -0.2) is 9.97 Å². The van der Waals surface area contributed by atoms with Crippen LogP contribution in [0.25, 0.3) is 11.1 Å². The van der Waals surface area contributed by atoms with Gasteiger partial charge in [-0.05, 0) is 23.8 Å². The molecule has 0 aliphatic rings. The molecule has 0 radical (unpaired) electrons. The lowest BCUT2D eigenvalue weighted by Crippen LogP contribution is -2.06. The lowest BCUT2D eigenvalue weighted by Gasteiger charge is -2.10. The van der Waals surface area contributed by atoms with Crippen molar-refractivity contribution in [1.82, 2.24) is 9.97 Å². The number of aromatic nitrogens is 2. The van der Waals surface area contributed by atoms with E-state index in [1.54, 1.807) is 0 Å². The van der Waals surface area contributed by atoms with Gasteiger partial charge in [0.2, 0.25) is 0 Å². The molecule has 4 nitrogen and oxygen atoms in total. The Labute approximate surface area is 112 Å². The Bertz CT molecular complexity index is 625. The van der Waals surface area contributed by atoms with Crippen molar-refractivity contribution in [2.45, 2.75) is 6.18 Å². The Morgan fingerprint density at radius 1 is 1.10 bits per heavy atom. The van der Waals surface area contributed by atoms with Crippen molar-refractivity contribution in [3.05, 3.63) is 41.7 Å². The first-order valence-electron chi connectivity index (χ1n) is 5.48. The summed E-state index contributed by atoms with van der Waals surface area (Å²) in [5, 5.41) is 0. The first-order chi connectivity index (χ1) is 9.44. The molecule has 0 saturated heterocycles. The average molecular weight is 282 g/mol. The first-order valence-corrected chi connectivity index (χ1v) is 5.48. The highest BCUT2D eigenvalue weighted by Gasteiger charge is 2.31. The number of ether oxygens (including phenoxy) is 1. The van der Waals surface area contributed by atoms with Crippen molar-refractivity contribution >= 4 is 6.29 Å². The summed E-state index contributed by atoms with van der Waals surface area (Å²) < 4.78 is 43.0. The molecule has 0 atom stereocenters. The van der Waals surface area contributed by atoms with Crippen molar-refractivity contribution in [2.75, 3.05) is 7.11 Å². The number of hydrogen-bond acceptors (Lipinski definition) is 4. The molecule has 1 aromatic heterocycles. The van der Waals surface area contributed by atoms with Gasteiger partial charge >= 0.3 is 12.2 Å². The summed E-state index contributed by atoms with van der Waals surface area (Å²) in [5.74, 6) is 0. The predicted molar refractivity (Wildman–Crippen MR) is 64.4 cm³/mol. The van der Waals surface area contributed by atoms with Gasteiger partial charge in [-0.1, -0.05) is 0 Å². The maximum absolute atomic E-state index is 12.8. The monoisotopic (exact) mass is 282 g/mol. The van der Waals surface area contributed by atoms with Gasteiger partial charge in [0.15, 0.2) is 0 Å². The van der Waals surface area contributed by atoms with Crippen LogP contribution in [0, 0.1) is 0 Å². The number of aldehydes is 1. The number of hydrogen-bond donors (Lipinski definition) is 0. The van der Waals surface area contributed by atoms with Crippen LogP contribution < -0.4 is 4.74 Å². The van der Waals surface area contributed by atoms with E-state index in [1.807, 2.05) is 0 Å². The number of rotatable bonds is 3. The Kier molecular flexibility index (Phi) is 3.69. The highest BCUT2D eigenvalue weighted by molar-refractivity contribution is 5.79. The molecule has 0 saturated carbocycles. The minimum absolute atomic E-state index is 0.0642. The number of benzene rings is 1. The molecule has 2 aromatic rings. The lowest BCUT2D eigenvalue weighted by atomic mass is 10.0. The van der Waals surface area contributed by atoms with E-state index in [2.05, 4.69) is 9.97 Å². The van der Waals surface area contributed by atoms with Crippen molar-refractivity contribution in [2.24, 2.45) is 0 Å². The second kappa shape index (κ2) is 5.28. The maximum atomic E-state index is 12.8. The fourth-order valence-electron chi connectivity index (χ4n) is 1.62. The lowest BCUT2D eigenvalue weighted by molar-refractivity contribution is -0.137. The summed E-state index contributed by atoms with van der Waals surface area (Å²) in [6.45, 7) is 0. The molecule has 1 heterocycles. The highest BCUT2D eigenvalue weighted by atomic mass is 19.4. The third-order valence-electron chi connectivity index (χ3n) is 2.56. The zero-order valence-corrected chi connectivity index (χ0v) is 10.3. The van der Waals surface area contributed by atoms with E-state index in [4.69, 9.17) is 4.74 Å². The molecule has 7 heteroatoms. The van der Waals surface area contributed by atoms with Gasteiger partial charge in [0.25, 0.3) is 0 Å². The van der Waals surface area contributed by atoms with Crippen molar-refractivity contribution < 1.29 is 22.7 Å². The zero-order chi connectivity index (χ0) is 14.8. The molecule has 0 N–H and O–H groups in total. The van der Waals surface area contributed by atoms with E-state index < -0.39 is 11.7 Å². The fraction of sp³-hybridized carbons (Fsp3) is 0.154. The summed E-state index contributed by atoms with van der Waals surface area (Å²) in [7, 11) is 1.38. The van der Waals surface area contributed by atoms with Gasteiger partial charge in [0, 0.05) is 23.5 Å². The average Bonchev–Trinajstić information content (AvgIpc) is 2.46. The van der Waals surface area contributed by atoms with E-state index >= 15 is 0 Å². The molecule has 0 unspecified atom stereocenters. The smallest absolute Gasteiger partial charge is 0.416 e. The third-order valence-corrected chi connectivity index (χ3v) is 2.56. The number of nitrogens with zero attached hydrogens (tertiary/aromatic N) is 2. The van der Waals surface area contributed by atoms with Crippen LogP contribution in [0.15, 0.2) is 30.6 Å². The molecule has 2 rings (SSSR count). The van der Waals surface area contributed by atoms with Crippen molar-refractivity contribution in [1.29, 1.82) is 0 Å². The minimum atomic E-state index is -4.53. The zero-order valence-electron chi connectivity index (χ0n) is 10.3. The summed E-state index contributed by atoms with van der Waals surface area (Å²) in [6.07, 6.45) is -1.50. The first kappa shape index (κ1) is 14.0. The second-order valence-electron chi connectivity index (χ2n) is 3.92. The fourth-order valence-corrected chi connectivity index (χ4v) is 1.62. The maximum Gasteiger partial charge on any atom is 0.416 e. The Morgan fingerprint density at radius 2 is 1.75 bits per heavy atom. The number of methoxy groups -OCH3 is 1. The highest BCUT2D eigenvalue weighted by Crippen LogP contribution is 2.33. The van der Waals surface area contributed by atoms with E-state index in [1.165, 1.54) is 25.6 Å². The van der Waals surface area contributed by atoms with Crippen LogP contribution in [-0.2, 0) is 6.18 Å². The standard InChI is InChI=1S/C13H9F3N2O2/c1-20-12-17-5-10(6-18-12)9-2-8(7-19)3-11(4-9)13(14,15)16/h2-7H,1H3. The minimum Gasteiger partial charge on any atom is -0.467 e. The van der Waals surface area contributed by atoms with E-state index in [-0.39, 0.29) is 17.1 Å². The summed E-state index contributed by atoms with van der Waals surface area (Å²) >= 11 is 0. The van der Waals surface area contributed by atoms with Crippen LogP contribution in [0.5, 0.6) is 6.01 Å². The van der Waals surface area contributed by atoms with Crippen molar-refractivity contribution in [3.8, 4) is 17.1 Å². The number of halogens is 3. The van der Waals surface area contributed by atoms with Crippen LogP contribution in [0.2, 0.25) is 0 Å². The summed E-state index contributed by atoms with van der Waals surface area (Å²) in [4.78, 5) is 18.4. The predicted octanol–water partition coefficient (Wildman–Crippen LogP) is 2.98. The SMILES string of the molecule is COc1ncc(-c2cc(C=O)cc(C(F)(F)F)c2)cn1. The molecule has 0 aliphatic carbocycles.